The number of aromatic hydroxyl groups is 1. The van der Waals surface area contributed by atoms with Gasteiger partial charge in [0.05, 0.1) is 17.5 Å². The lowest BCUT2D eigenvalue weighted by molar-refractivity contribution is 0.321. The largest absolute Gasteiger partial charge is 0.507 e. The Morgan fingerprint density at radius 3 is 2.33 bits per heavy atom. The highest BCUT2D eigenvalue weighted by molar-refractivity contribution is 5.96. The first kappa shape index (κ1) is 15.7. The Bertz CT molecular complexity index is 915. The van der Waals surface area contributed by atoms with Crippen LogP contribution in [0.4, 0.5) is 8.78 Å². The van der Waals surface area contributed by atoms with E-state index in [1.165, 1.54) is 16.8 Å². The minimum Gasteiger partial charge on any atom is -0.507 e. The minimum atomic E-state index is -0.785. The summed E-state index contributed by atoms with van der Waals surface area (Å²) in [6.45, 7) is 0. The Balaban J connectivity index is 2.41. The van der Waals surface area contributed by atoms with E-state index in [1.807, 2.05) is 0 Å². The van der Waals surface area contributed by atoms with Crippen molar-refractivity contribution >= 4 is 6.21 Å². The molecular weight excluding hydrogens is 316 g/mol. The SMILES string of the molecule is Cn1nc(-c2ccccc2O)c(-c2c(F)cccc2F)c1C=NO. The monoisotopic (exact) mass is 329 g/mol. The first-order valence-electron chi connectivity index (χ1n) is 7.01. The number of phenols is 1. The van der Waals surface area contributed by atoms with E-state index >= 15 is 0 Å². The summed E-state index contributed by atoms with van der Waals surface area (Å²) in [5.74, 6) is -1.65. The quantitative estimate of drug-likeness (QED) is 0.438. The predicted octanol–water partition coefficient (Wildman–Crippen LogP) is 3.55. The molecule has 0 aliphatic heterocycles. The van der Waals surface area contributed by atoms with Crippen LogP contribution in [0.5, 0.6) is 5.75 Å². The molecule has 3 aromatic rings. The molecule has 7 heteroatoms. The fourth-order valence-corrected chi connectivity index (χ4v) is 2.59. The van der Waals surface area contributed by atoms with Gasteiger partial charge in [0.15, 0.2) is 0 Å². The lowest BCUT2D eigenvalue weighted by atomic mass is 9.97. The number of rotatable bonds is 3. The van der Waals surface area contributed by atoms with E-state index in [9.17, 15) is 13.9 Å². The second kappa shape index (κ2) is 6.11. The molecule has 5 nitrogen and oxygen atoms in total. The number of hydrogen-bond acceptors (Lipinski definition) is 4. The number of oxime groups is 1. The third kappa shape index (κ3) is 2.50. The van der Waals surface area contributed by atoms with E-state index in [0.717, 1.165) is 18.3 Å². The molecule has 122 valence electrons. The average Bonchev–Trinajstić information content (AvgIpc) is 2.85. The molecule has 0 fully saturated rings. The summed E-state index contributed by atoms with van der Waals surface area (Å²) >= 11 is 0. The fraction of sp³-hybridized carbons (Fsp3) is 0.0588. The molecule has 0 aliphatic carbocycles. The van der Waals surface area contributed by atoms with Crippen LogP contribution in [0.3, 0.4) is 0 Å². The summed E-state index contributed by atoms with van der Waals surface area (Å²) < 4.78 is 30.0. The molecule has 0 saturated carbocycles. The van der Waals surface area contributed by atoms with Gasteiger partial charge in [-0.15, -0.1) is 0 Å². The highest BCUT2D eigenvalue weighted by atomic mass is 19.1. The van der Waals surface area contributed by atoms with Crippen molar-refractivity contribution < 1.29 is 19.1 Å². The molecule has 0 spiro atoms. The van der Waals surface area contributed by atoms with Gasteiger partial charge in [-0.3, -0.25) is 4.68 Å². The fourth-order valence-electron chi connectivity index (χ4n) is 2.59. The second-order valence-electron chi connectivity index (χ2n) is 5.09. The van der Waals surface area contributed by atoms with E-state index in [4.69, 9.17) is 5.21 Å². The maximum Gasteiger partial charge on any atom is 0.134 e. The minimum absolute atomic E-state index is 0.0823. The van der Waals surface area contributed by atoms with Crippen molar-refractivity contribution in [2.24, 2.45) is 12.2 Å². The standard InChI is InChI=1S/C17H13F2N3O2/c1-22-13(9-20-24)16(15-11(18)6-4-7-12(15)19)17(21-22)10-5-2-3-8-14(10)23/h2-9,23-24H,1H3. The summed E-state index contributed by atoms with van der Waals surface area (Å²) in [6, 6.07) is 9.83. The van der Waals surface area contributed by atoms with Crippen LogP contribution in [-0.4, -0.2) is 26.3 Å². The molecule has 3 rings (SSSR count). The predicted molar refractivity (Wildman–Crippen MR) is 85.0 cm³/mol. The summed E-state index contributed by atoms with van der Waals surface area (Å²) in [7, 11) is 1.54. The number of para-hydroxylation sites is 1. The summed E-state index contributed by atoms with van der Waals surface area (Å²) in [5, 5.41) is 26.2. The van der Waals surface area contributed by atoms with Crippen LogP contribution in [-0.2, 0) is 7.05 Å². The van der Waals surface area contributed by atoms with Gasteiger partial charge >= 0.3 is 0 Å². The molecule has 0 unspecified atom stereocenters. The van der Waals surface area contributed by atoms with E-state index in [0.29, 0.717) is 5.56 Å². The highest BCUT2D eigenvalue weighted by Gasteiger charge is 2.25. The molecule has 0 saturated heterocycles. The third-order valence-corrected chi connectivity index (χ3v) is 3.64. The zero-order chi connectivity index (χ0) is 17.3. The zero-order valence-corrected chi connectivity index (χ0v) is 12.6. The molecule has 24 heavy (non-hydrogen) atoms. The summed E-state index contributed by atoms with van der Waals surface area (Å²) in [6.07, 6.45) is 1.04. The van der Waals surface area contributed by atoms with Crippen molar-refractivity contribution in [3.8, 4) is 28.1 Å². The normalized spacial score (nSPS) is 11.3. The van der Waals surface area contributed by atoms with E-state index in [2.05, 4.69) is 10.3 Å². The zero-order valence-electron chi connectivity index (χ0n) is 12.6. The van der Waals surface area contributed by atoms with Crippen LogP contribution in [0, 0.1) is 11.6 Å². The van der Waals surface area contributed by atoms with Crippen molar-refractivity contribution in [3.63, 3.8) is 0 Å². The van der Waals surface area contributed by atoms with Crippen LogP contribution < -0.4 is 0 Å². The lowest BCUT2D eigenvalue weighted by Crippen LogP contribution is -1.99. The Morgan fingerprint density at radius 2 is 1.71 bits per heavy atom. The number of hydrogen-bond donors (Lipinski definition) is 2. The first-order chi connectivity index (χ1) is 11.5. The topological polar surface area (TPSA) is 70.6 Å². The smallest absolute Gasteiger partial charge is 0.134 e. The van der Waals surface area contributed by atoms with E-state index in [1.54, 1.807) is 25.2 Å². The van der Waals surface area contributed by atoms with Gasteiger partial charge in [-0.25, -0.2) is 8.78 Å². The molecule has 1 heterocycles. The van der Waals surface area contributed by atoms with Crippen LogP contribution in [0.15, 0.2) is 47.6 Å². The number of phenolic OH excluding ortho intramolecular Hbond substituents is 1. The third-order valence-electron chi connectivity index (χ3n) is 3.64. The van der Waals surface area contributed by atoms with Crippen molar-refractivity contribution in [1.82, 2.24) is 9.78 Å². The van der Waals surface area contributed by atoms with Gasteiger partial charge in [0.25, 0.3) is 0 Å². The molecule has 0 atom stereocenters. The van der Waals surface area contributed by atoms with E-state index in [-0.39, 0.29) is 28.3 Å². The average molecular weight is 329 g/mol. The van der Waals surface area contributed by atoms with Gasteiger partial charge in [0.2, 0.25) is 0 Å². The van der Waals surface area contributed by atoms with Gasteiger partial charge in [-0.2, -0.15) is 5.10 Å². The van der Waals surface area contributed by atoms with Gasteiger partial charge in [-0.05, 0) is 24.3 Å². The molecule has 2 aromatic carbocycles. The maximum atomic E-state index is 14.3. The second-order valence-corrected chi connectivity index (χ2v) is 5.09. The van der Waals surface area contributed by atoms with Gasteiger partial charge in [-0.1, -0.05) is 23.4 Å². The Labute approximate surface area is 136 Å². The van der Waals surface area contributed by atoms with Crippen molar-refractivity contribution in [1.29, 1.82) is 0 Å². The number of nitrogens with zero attached hydrogens (tertiary/aromatic N) is 3. The van der Waals surface area contributed by atoms with Crippen LogP contribution in [0.1, 0.15) is 5.69 Å². The first-order valence-corrected chi connectivity index (χ1v) is 7.01. The molecular formula is C17H13F2N3O2. The van der Waals surface area contributed by atoms with Crippen molar-refractivity contribution in [3.05, 3.63) is 59.8 Å². The van der Waals surface area contributed by atoms with Crippen LogP contribution >= 0.6 is 0 Å². The molecule has 0 radical (unpaired) electrons. The number of benzene rings is 2. The molecule has 1 aromatic heterocycles. The van der Waals surface area contributed by atoms with Gasteiger partial charge < -0.3 is 10.3 Å². The van der Waals surface area contributed by atoms with E-state index < -0.39 is 11.6 Å². The number of aromatic nitrogens is 2. The molecule has 0 bridgehead atoms. The number of halogens is 2. The summed E-state index contributed by atoms with van der Waals surface area (Å²) in [5.41, 5.74) is 0.462. The Hall–Kier alpha value is -3.22. The van der Waals surface area contributed by atoms with Crippen molar-refractivity contribution in [2.45, 2.75) is 0 Å². The molecule has 2 N–H and O–H groups in total. The lowest BCUT2D eigenvalue weighted by Gasteiger charge is -2.08. The molecule has 0 aliphatic rings. The van der Waals surface area contributed by atoms with Crippen LogP contribution in [0.2, 0.25) is 0 Å². The Kier molecular flexibility index (Phi) is 3.99. The Morgan fingerprint density at radius 1 is 1.04 bits per heavy atom. The highest BCUT2D eigenvalue weighted by Crippen LogP contribution is 2.39. The van der Waals surface area contributed by atoms with Gasteiger partial charge in [0, 0.05) is 18.2 Å². The van der Waals surface area contributed by atoms with Crippen LogP contribution in [0.25, 0.3) is 22.4 Å². The van der Waals surface area contributed by atoms with Crippen molar-refractivity contribution in [2.75, 3.05) is 0 Å². The maximum absolute atomic E-state index is 14.3. The molecule has 0 amide bonds. The number of aryl methyl sites for hydroxylation is 1. The summed E-state index contributed by atoms with van der Waals surface area (Å²) in [4.78, 5) is 0. The van der Waals surface area contributed by atoms with Gasteiger partial charge in [0.1, 0.15) is 23.1 Å².